The quantitative estimate of drug-likeness (QED) is 0.507. The van der Waals surface area contributed by atoms with Crippen molar-refractivity contribution in [1.29, 1.82) is 0 Å². The fourth-order valence-electron chi connectivity index (χ4n) is 4.00. The van der Waals surface area contributed by atoms with Crippen LogP contribution in [0.25, 0.3) is 0 Å². The van der Waals surface area contributed by atoms with Gasteiger partial charge in [-0.15, -0.1) is 0 Å². The Morgan fingerprint density at radius 2 is 2.00 bits per heavy atom. The summed E-state index contributed by atoms with van der Waals surface area (Å²) in [7, 11) is 0. The monoisotopic (exact) mass is 380 g/mol. The first kappa shape index (κ1) is 20.2. The molecule has 0 spiro atoms. The molecule has 0 radical (unpaired) electrons. The lowest BCUT2D eigenvalue weighted by molar-refractivity contribution is -0.0614. The molecule has 4 nitrogen and oxygen atoms in total. The number of Topliss-reactive ketones (excluding diaryl/α,β-unsaturated/α-hetero) is 1. The molecule has 1 aromatic rings. The molecule has 2 saturated heterocycles. The fraction of sp³-hybridized carbons (Fsp3) is 0.667. The molecule has 0 aliphatic carbocycles. The van der Waals surface area contributed by atoms with Crippen LogP contribution in [0.2, 0.25) is 0 Å². The largest absolute Gasteiger partial charge is 0.494 e. The van der Waals surface area contributed by atoms with Gasteiger partial charge < -0.3 is 9.64 Å². The van der Waals surface area contributed by atoms with Gasteiger partial charge in [-0.05, 0) is 70.0 Å². The van der Waals surface area contributed by atoms with Crippen molar-refractivity contribution in [3.8, 4) is 5.75 Å². The number of nitrogens with zero attached hydrogens (tertiary/aromatic N) is 2. The Morgan fingerprint density at radius 1 is 1.22 bits per heavy atom. The molecule has 150 valence electrons. The normalized spacial score (nSPS) is 23.4. The van der Waals surface area contributed by atoms with Crippen LogP contribution in [0, 0.1) is 0 Å². The number of halogens is 2. The molecule has 3 rings (SSSR count). The van der Waals surface area contributed by atoms with Gasteiger partial charge in [0.25, 0.3) is 5.92 Å². The SMILES string of the molecule is CC1CCCN1CCCOc1ccc(C(=O)CN2CCCC(F)(F)C2)cc1. The molecule has 2 heterocycles. The zero-order valence-electron chi connectivity index (χ0n) is 16.1. The number of ketones is 1. The molecular formula is C21H30F2N2O2. The summed E-state index contributed by atoms with van der Waals surface area (Å²) in [6, 6.07) is 7.70. The first-order valence-corrected chi connectivity index (χ1v) is 10.0. The number of hydrogen-bond donors (Lipinski definition) is 0. The minimum atomic E-state index is -2.68. The fourth-order valence-corrected chi connectivity index (χ4v) is 4.00. The number of likely N-dealkylation sites (tertiary alicyclic amines) is 2. The summed E-state index contributed by atoms with van der Waals surface area (Å²) in [5, 5.41) is 0. The number of piperidine rings is 1. The Bertz CT molecular complexity index is 621. The summed E-state index contributed by atoms with van der Waals surface area (Å²) >= 11 is 0. The van der Waals surface area contributed by atoms with Crippen LogP contribution in [0.3, 0.4) is 0 Å². The van der Waals surface area contributed by atoms with Crippen LogP contribution < -0.4 is 4.74 Å². The third kappa shape index (κ3) is 5.98. The number of ether oxygens (including phenoxy) is 1. The Morgan fingerprint density at radius 3 is 2.67 bits per heavy atom. The van der Waals surface area contributed by atoms with Gasteiger partial charge >= 0.3 is 0 Å². The van der Waals surface area contributed by atoms with Crippen LogP contribution in [-0.4, -0.2) is 66.9 Å². The minimum absolute atomic E-state index is 0.0454. The molecule has 2 aliphatic rings. The molecule has 0 aromatic heterocycles. The van der Waals surface area contributed by atoms with Crippen molar-refractivity contribution in [2.45, 2.75) is 51.0 Å². The second kappa shape index (κ2) is 9.11. The molecule has 2 aliphatic heterocycles. The number of hydrogen-bond acceptors (Lipinski definition) is 4. The Labute approximate surface area is 160 Å². The second-order valence-electron chi connectivity index (χ2n) is 7.85. The van der Waals surface area contributed by atoms with Gasteiger partial charge in [-0.25, -0.2) is 8.78 Å². The van der Waals surface area contributed by atoms with Gasteiger partial charge in [0.05, 0.1) is 19.7 Å². The minimum Gasteiger partial charge on any atom is -0.494 e. The van der Waals surface area contributed by atoms with Gasteiger partial charge in [0, 0.05) is 24.6 Å². The molecular weight excluding hydrogens is 350 g/mol. The van der Waals surface area contributed by atoms with Crippen LogP contribution in [-0.2, 0) is 0 Å². The Balaban J connectivity index is 1.40. The van der Waals surface area contributed by atoms with E-state index >= 15 is 0 Å². The van der Waals surface area contributed by atoms with Gasteiger partial charge in [-0.2, -0.15) is 0 Å². The summed E-state index contributed by atoms with van der Waals surface area (Å²) in [5.41, 5.74) is 0.544. The standard InChI is InChI=1S/C21H30F2N2O2/c1-17-5-2-12-25(17)13-4-14-27-19-8-6-18(7-9-19)20(26)15-24-11-3-10-21(22,23)16-24/h6-9,17H,2-5,10-16H2,1H3. The number of carbonyl (C=O) groups excluding carboxylic acids is 1. The van der Waals surface area contributed by atoms with Crippen LogP contribution in [0.1, 0.15) is 49.4 Å². The summed E-state index contributed by atoms with van der Waals surface area (Å²) < 4.78 is 32.7. The van der Waals surface area contributed by atoms with E-state index in [2.05, 4.69) is 11.8 Å². The molecule has 1 aromatic carbocycles. The van der Waals surface area contributed by atoms with E-state index in [0.717, 1.165) is 18.7 Å². The van der Waals surface area contributed by atoms with Crippen molar-refractivity contribution in [2.75, 3.05) is 39.3 Å². The summed E-state index contributed by atoms with van der Waals surface area (Å²) in [6.45, 7) is 5.44. The number of carbonyl (C=O) groups is 1. The van der Waals surface area contributed by atoms with E-state index in [9.17, 15) is 13.6 Å². The molecule has 2 fully saturated rings. The van der Waals surface area contributed by atoms with Gasteiger partial charge in [0.2, 0.25) is 0 Å². The average molecular weight is 380 g/mol. The van der Waals surface area contributed by atoms with Gasteiger partial charge in [0.15, 0.2) is 5.78 Å². The maximum Gasteiger partial charge on any atom is 0.260 e. The molecule has 6 heteroatoms. The maximum absolute atomic E-state index is 13.5. The van der Waals surface area contributed by atoms with E-state index in [4.69, 9.17) is 4.74 Å². The lowest BCUT2D eigenvalue weighted by Gasteiger charge is -2.31. The summed E-state index contributed by atoms with van der Waals surface area (Å²) in [4.78, 5) is 16.4. The molecule has 0 bridgehead atoms. The molecule has 0 saturated carbocycles. The number of alkyl halides is 2. The predicted molar refractivity (Wildman–Crippen MR) is 102 cm³/mol. The molecule has 27 heavy (non-hydrogen) atoms. The smallest absolute Gasteiger partial charge is 0.260 e. The number of rotatable bonds is 8. The number of benzene rings is 1. The molecule has 1 unspecified atom stereocenters. The third-order valence-corrected chi connectivity index (χ3v) is 5.56. The molecule has 0 N–H and O–H groups in total. The zero-order chi connectivity index (χ0) is 19.3. The molecule has 0 amide bonds. The van der Waals surface area contributed by atoms with Crippen LogP contribution in [0.15, 0.2) is 24.3 Å². The predicted octanol–water partition coefficient (Wildman–Crippen LogP) is 3.85. The third-order valence-electron chi connectivity index (χ3n) is 5.56. The van der Waals surface area contributed by atoms with Crippen molar-refractivity contribution in [1.82, 2.24) is 9.80 Å². The summed E-state index contributed by atoms with van der Waals surface area (Å²) in [6.07, 6.45) is 3.90. The Hall–Kier alpha value is -1.53. The average Bonchev–Trinajstić information content (AvgIpc) is 3.03. The van der Waals surface area contributed by atoms with Gasteiger partial charge in [-0.1, -0.05) is 0 Å². The van der Waals surface area contributed by atoms with Gasteiger partial charge in [-0.3, -0.25) is 9.69 Å². The van der Waals surface area contributed by atoms with Crippen LogP contribution >= 0.6 is 0 Å². The van der Waals surface area contributed by atoms with Gasteiger partial charge in [0.1, 0.15) is 5.75 Å². The lowest BCUT2D eigenvalue weighted by Crippen LogP contribution is -2.44. The van der Waals surface area contributed by atoms with Crippen molar-refractivity contribution in [2.24, 2.45) is 0 Å². The van der Waals surface area contributed by atoms with Crippen LogP contribution in [0.4, 0.5) is 8.78 Å². The van der Waals surface area contributed by atoms with Crippen molar-refractivity contribution in [3.05, 3.63) is 29.8 Å². The topological polar surface area (TPSA) is 32.8 Å². The zero-order valence-corrected chi connectivity index (χ0v) is 16.1. The van der Waals surface area contributed by atoms with Crippen molar-refractivity contribution >= 4 is 5.78 Å². The maximum atomic E-state index is 13.5. The highest BCUT2D eigenvalue weighted by molar-refractivity contribution is 5.97. The highest BCUT2D eigenvalue weighted by atomic mass is 19.3. The van der Waals surface area contributed by atoms with E-state index < -0.39 is 5.92 Å². The second-order valence-corrected chi connectivity index (χ2v) is 7.85. The first-order valence-electron chi connectivity index (χ1n) is 10.0. The lowest BCUT2D eigenvalue weighted by atomic mass is 10.1. The van der Waals surface area contributed by atoms with E-state index in [1.165, 1.54) is 19.4 Å². The highest BCUT2D eigenvalue weighted by Gasteiger charge is 2.35. The van der Waals surface area contributed by atoms with E-state index in [1.54, 1.807) is 29.2 Å². The van der Waals surface area contributed by atoms with E-state index in [0.29, 0.717) is 31.2 Å². The van der Waals surface area contributed by atoms with E-state index in [1.807, 2.05) is 0 Å². The first-order chi connectivity index (χ1) is 12.9. The van der Waals surface area contributed by atoms with E-state index in [-0.39, 0.29) is 25.3 Å². The Kier molecular flexibility index (Phi) is 6.82. The summed E-state index contributed by atoms with van der Waals surface area (Å²) in [5.74, 6) is -2.06. The van der Waals surface area contributed by atoms with Crippen LogP contribution in [0.5, 0.6) is 5.75 Å². The molecule has 1 atom stereocenters. The highest BCUT2D eigenvalue weighted by Crippen LogP contribution is 2.26. The van der Waals surface area contributed by atoms with Crippen molar-refractivity contribution < 1.29 is 18.3 Å². The van der Waals surface area contributed by atoms with Crippen molar-refractivity contribution in [3.63, 3.8) is 0 Å².